The summed E-state index contributed by atoms with van der Waals surface area (Å²) < 4.78 is 2.19. The number of benzene rings is 1. The average molecular weight is 425 g/mol. The number of carboxylic acids is 1. The number of carbonyl (C=O) groups is 1. The summed E-state index contributed by atoms with van der Waals surface area (Å²) in [6.07, 6.45) is 0.389. The van der Waals surface area contributed by atoms with Crippen molar-refractivity contribution in [3.63, 3.8) is 0 Å². The van der Waals surface area contributed by atoms with E-state index in [9.17, 15) is 19.8 Å². The van der Waals surface area contributed by atoms with Crippen molar-refractivity contribution in [1.29, 1.82) is 0 Å². The van der Waals surface area contributed by atoms with Gasteiger partial charge in [-0.1, -0.05) is 13.0 Å². The van der Waals surface area contributed by atoms with E-state index in [0.717, 1.165) is 49.2 Å². The summed E-state index contributed by atoms with van der Waals surface area (Å²) >= 11 is 0. The van der Waals surface area contributed by atoms with Crippen molar-refractivity contribution in [3.05, 3.63) is 51.4 Å². The van der Waals surface area contributed by atoms with Gasteiger partial charge in [-0.25, -0.2) is 4.79 Å². The maximum absolute atomic E-state index is 12.3. The molecule has 0 aliphatic carbocycles. The Hall–Kier alpha value is -3.10. The highest BCUT2D eigenvalue weighted by molar-refractivity contribution is 5.92. The number of aromatic carboxylic acids is 1. The molecule has 3 N–H and O–H groups in total. The first kappa shape index (κ1) is 21.1. The lowest BCUT2D eigenvalue weighted by atomic mass is 9.99. The number of aromatic nitrogens is 2. The van der Waals surface area contributed by atoms with Crippen LogP contribution >= 0.6 is 0 Å². The van der Waals surface area contributed by atoms with E-state index in [0.29, 0.717) is 17.7 Å². The van der Waals surface area contributed by atoms with Crippen LogP contribution in [0.2, 0.25) is 0 Å². The number of carboxylic acid groups (broad SMARTS) is 1. The molecule has 3 aromatic rings. The van der Waals surface area contributed by atoms with Gasteiger partial charge in [0.2, 0.25) is 0 Å². The number of aryl methyl sites for hydroxylation is 1. The van der Waals surface area contributed by atoms with Crippen molar-refractivity contribution in [3.8, 4) is 17.0 Å². The fourth-order valence-corrected chi connectivity index (χ4v) is 4.37. The quantitative estimate of drug-likeness (QED) is 0.581. The molecule has 0 radical (unpaired) electrons. The molecule has 164 valence electrons. The van der Waals surface area contributed by atoms with E-state index in [4.69, 9.17) is 0 Å². The Morgan fingerprint density at radius 3 is 2.48 bits per heavy atom. The topological polar surface area (TPSA) is 102 Å². The number of aromatic amines is 1. The molecule has 31 heavy (non-hydrogen) atoms. The van der Waals surface area contributed by atoms with Crippen LogP contribution in [0.3, 0.4) is 0 Å². The number of fused-ring (bicyclic) bond motifs is 1. The molecule has 0 amide bonds. The number of rotatable bonds is 5. The van der Waals surface area contributed by atoms with Gasteiger partial charge in [0, 0.05) is 61.9 Å². The van der Waals surface area contributed by atoms with Crippen molar-refractivity contribution in [2.75, 3.05) is 33.2 Å². The van der Waals surface area contributed by atoms with Gasteiger partial charge in [-0.15, -0.1) is 0 Å². The molecule has 0 spiro atoms. The second-order valence-electron chi connectivity index (χ2n) is 8.24. The summed E-state index contributed by atoms with van der Waals surface area (Å²) in [7, 11) is 4.20. The van der Waals surface area contributed by atoms with Crippen LogP contribution in [0.5, 0.6) is 5.75 Å². The predicted molar refractivity (Wildman–Crippen MR) is 120 cm³/mol. The van der Waals surface area contributed by atoms with E-state index in [1.54, 1.807) is 0 Å². The minimum absolute atomic E-state index is 0.389. The summed E-state index contributed by atoms with van der Waals surface area (Å²) in [6, 6.07) is 8.03. The summed E-state index contributed by atoms with van der Waals surface area (Å²) in [4.78, 5) is 31.1. The number of pyridine rings is 1. The fourth-order valence-electron chi connectivity index (χ4n) is 4.37. The Morgan fingerprint density at radius 1 is 1.13 bits per heavy atom. The third-order valence-corrected chi connectivity index (χ3v) is 6.27. The highest BCUT2D eigenvalue weighted by atomic mass is 16.4. The Labute approximate surface area is 180 Å². The minimum atomic E-state index is -1.44. The van der Waals surface area contributed by atoms with Gasteiger partial charge in [0.05, 0.1) is 5.69 Å². The normalized spacial score (nSPS) is 15.6. The monoisotopic (exact) mass is 424 g/mol. The van der Waals surface area contributed by atoms with Crippen molar-refractivity contribution in [2.24, 2.45) is 7.05 Å². The van der Waals surface area contributed by atoms with Gasteiger partial charge in [0.25, 0.3) is 5.56 Å². The SMILES string of the molecule is CCc1c(-c2ccc3c(c2)cc(CN2CCN(C)CC2)n3C)[nH]c(=O)c(C(=O)O)c1O. The van der Waals surface area contributed by atoms with Gasteiger partial charge < -0.3 is 24.7 Å². The molecule has 0 saturated carbocycles. The number of hydrogen-bond acceptors (Lipinski definition) is 5. The maximum atomic E-state index is 12.3. The maximum Gasteiger partial charge on any atom is 0.345 e. The van der Waals surface area contributed by atoms with Gasteiger partial charge in [-0.2, -0.15) is 0 Å². The Kier molecular flexibility index (Phi) is 5.60. The largest absolute Gasteiger partial charge is 0.506 e. The number of aromatic hydroxyl groups is 1. The summed E-state index contributed by atoms with van der Waals surface area (Å²) in [6.45, 7) is 6.91. The van der Waals surface area contributed by atoms with Crippen molar-refractivity contribution in [2.45, 2.75) is 19.9 Å². The lowest BCUT2D eigenvalue weighted by Crippen LogP contribution is -2.44. The molecular weight excluding hydrogens is 396 g/mol. The van der Waals surface area contributed by atoms with Gasteiger partial charge in [-0.3, -0.25) is 9.69 Å². The number of piperazine rings is 1. The van der Waals surface area contributed by atoms with E-state index >= 15 is 0 Å². The van der Waals surface area contributed by atoms with Crippen LogP contribution in [0.25, 0.3) is 22.2 Å². The summed E-state index contributed by atoms with van der Waals surface area (Å²) in [5.74, 6) is -1.90. The molecule has 1 saturated heterocycles. The molecule has 3 heterocycles. The molecule has 1 aliphatic rings. The van der Waals surface area contributed by atoms with E-state index in [1.165, 1.54) is 5.69 Å². The van der Waals surface area contributed by atoms with E-state index < -0.39 is 22.8 Å². The van der Waals surface area contributed by atoms with E-state index in [1.807, 2.05) is 25.1 Å². The fraction of sp³-hybridized carbons (Fsp3) is 0.391. The second kappa shape index (κ2) is 8.20. The molecule has 1 aromatic carbocycles. The molecule has 1 fully saturated rings. The number of nitrogens with zero attached hydrogens (tertiary/aromatic N) is 3. The standard InChI is InChI=1S/C23H28N4O4/c1-4-17-20(24-22(29)19(21(17)28)23(30)31)14-5-6-18-15(11-14)12-16(26(18)3)13-27-9-7-25(2)8-10-27/h5-6,11-12H,4,7-10,13H2,1-3H3,(H,30,31)(H2,24,28,29). The minimum Gasteiger partial charge on any atom is -0.506 e. The van der Waals surface area contributed by atoms with Gasteiger partial charge in [-0.05, 0) is 37.2 Å². The first-order valence-corrected chi connectivity index (χ1v) is 10.5. The first-order chi connectivity index (χ1) is 14.8. The van der Waals surface area contributed by atoms with Crippen molar-refractivity contribution < 1.29 is 15.0 Å². The zero-order valence-corrected chi connectivity index (χ0v) is 18.1. The average Bonchev–Trinajstić information content (AvgIpc) is 3.03. The third-order valence-electron chi connectivity index (χ3n) is 6.27. The lowest BCUT2D eigenvalue weighted by molar-refractivity contribution is 0.0691. The number of likely N-dealkylation sites (N-methyl/N-ethyl adjacent to an activating group) is 1. The molecule has 8 heteroatoms. The highest BCUT2D eigenvalue weighted by Crippen LogP contribution is 2.32. The molecule has 0 atom stereocenters. The molecule has 8 nitrogen and oxygen atoms in total. The van der Waals surface area contributed by atoms with Crippen LogP contribution in [-0.4, -0.2) is 68.8 Å². The van der Waals surface area contributed by atoms with Crippen LogP contribution in [0, 0.1) is 0 Å². The van der Waals surface area contributed by atoms with Crippen LogP contribution in [0.15, 0.2) is 29.1 Å². The Bertz CT molecular complexity index is 1200. The molecule has 4 rings (SSSR count). The van der Waals surface area contributed by atoms with Gasteiger partial charge >= 0.3 is 5.97 Å². The van der Waals surface area contributed by atoms with Crippen LogP contribution < -0.4 is 5.56 Å². The molecule has 2 aromatic heterocycles. The zero-order chi connectivity index (χ0) is 22.3. The smallest absolute Gasteiger partial charge is 0.345 e. The number of hydrogen-bond donors (Lipinski definition) is 3. The van der Waals surface area contributed by atoms with E-state index in [2.05, 4.69) is 39.5 Å². The summed E-state index contributed by atoms with van der Waals surface area (Å²) in [5, 5.41) is 20.7. The molecular formula is C23H28N4O4. The Balaban J connectivity index is 1.73. The van der Waals surface area contributed by atoms with Gasteiger partial charge in [0.15, 0.2) is 5.56 Å². The lowest BCUT2D eigenvalue weighted by Gasteiger charge is -2.32. The van der Waals surface area contributed by atoms with Crippen LogP contribution in [-0.2, 0) is 20.0 Å². The van der Waals surface area contributed by atoms with Crippen LogP contribution in [0.1, 0.15) is 28.5 Å². The first-order valence-electron chi connectivity index (χ1n) is 10.5. The van der Waals surface area contributed by atoms with Crippen LogP contribution in [0.4, 0.5) is 0 Å². The molecule has 0 unspecified atom stereocenters. The van der Waals surface area contributed by atoms with Gasteiger partial charge in [0.1, 0.15) is 5.75 Å². The zero-order valence-electron chi connectivity index (χ0n) is 18.1. The highest BCUT2D eigenvalue weighted by Gasteiger charge is 2.22. The van der Waals surface area contributed by atoms with Crippen molar-refractivity contribution >= 4 is 16.9 Å². The Morgan fingerprint density at radius 2 is 1.84 bits per heavy atom. The van der Waals surface area contributed by atoms with Crippen molar-refractivity contribution in [1.82, 2.24) is 19.4 Å². The van der Waals surface area contributed by atoms with E-state index in [-0.39, 0.29) is 0 Å². The molecule has 0 bridgehead atoms. The molecule has 1 aliphatic heterocycles. The summed E-state index contributed by atoms with van der Waals surface area (Å²) in [5.41, 5.74) is 2.50. The number of nitrogens with one attached hydrogen (secondary N) is 1. The number of H-pyrrole nitrogens is 1. The predicted octanol–water partition coefficient (Wildman–Crippen LogP) is 2.25. The third kappa shape index (κ3) is 3.84. The second-order valence-corrected chi connectivity index (χ2v) is 8.24.